The SMILES string of the molecule is Cc1ccc2cnn(OCC(O)CNC(C)C)c2c1. The van der Waals surface area contributed by atoms with Crippen molar-refractivity contribution in [1.82, 2.24) is 15.3 Å². The predicted molar refractivity (Wildman–Crippen MR) is 75.1 cm³/mol. The molecule has 0 spiro atoms. The van der Waals surface area contributed by atoms with Crippen molar-refractivity contribution in [2.24, 2.45) is 0 Å². The van der Waals surface area contributed by atoms with Gasteiger partial charge in [-0.25, -0.2) is 0 Å². The van der Waals surface area contributed by atoms with Crippen LogP contribution in [-0.4, -0.2) is 40.3 Å². The zero-order valence-corrected chi connectivity index (χ0v) is 11.6. The maximum absolute atomic E-state index is 9.79. The zero-order chi connectivity index (χ0) is 13.8. The van der Waals surface area contributed by atoms with Crippen LogP contribution in [0, 0.1) is 6.92 Å². The van der Waals surface area contributed by atoms with Gasteiger partial charge in [0.15, 0.2) is 0 Å². The molecule has 0 amide bonds. The van der Waals surface area contributed by atoms with Gasteiger partial charge in [-0.1, -0.05) is 30.8 Å². The lowest BCUT2D eigenvalue weighted by molar-refractivity contribution is 0.0166. The molecule has 1 atom stereocenters. The number of aromatic nitrogens is 2. The molecule has 0 aliphatic rings. The molecule has 0 radical (unpaired) electrons. The van der Waals surface area contributed by atoms with Crippen LogP contribution >= 0.6 is 0 Å². The monoisotopic (exact) mass is 263 g/mol. The Morgan fingerprint density at radius 2 is 2.21 bits per heavy atom. The fourth-order valence-corrected chi connectivity index (χ4v) is 1.80. The number of rotatable bonds is 6. The summed E-state index contributed by atoms with van der Waals surface area (Å²) in [6, 6.07) is 6.41. The molecule has 0 bridgehead atoms. The Morgan fingerprint density at radius 1 is 1.42 bits per heavy atom. The minimum Gasteiger partial charge on any atom is -0.393 e. The third-order valence-electron chi connectivity index (χ3n) is 2.84. The Labute approximate surface area is 113 Å². The van der Waals surface area contributed by atoms with E-state index in [1.54, 1.807) is 6.20 Å². The van der Waals surface area contributed by atoms with E-state index in [1.807, 2.05) is 39.0 Å². The molecule has 1 aromatic heterocycles. The Kier molecular flexibility index (Phi) is 4.39. The van der Waals surface area contributed by atoms with E-state index in [-0.39, 0.29) is 6.61 Å². The van der Waals surface area contributed by atoms with Gasteiger partial charge in [0, 0.05) is 18.0 Å². The van der Waals surface area contributed by atoms with Crippen LogP contribution in [0.3, 0.4) is 0 Å². The molecule has 0 fully saturated rings. The maximum Gasteiger partial charge on any atom is 0.144 e. The van der Waals surface area contributed by atoms with Gasteiger partial charge in [0.25, 0.3) is 0 Å². The summed E-state index contributed by atoms with van der Waals surface area (Å²) in [4.78, 5) is 7.00. The van der Waals surface area contributed by atoms with Crippen molar-refractivity contribution >= 4 is 10.9 Å². The number of fused-ring (bicyclic) bond motifs is 1. The summed E-state index contributed by atoms with van der Waals surface area (Å²) in [5.74, 6) is 0. The lowest BCUT2D eigenvalue weighted by atomic mass is 10.2. The molecule has 104 valence electrons. The number of nitrogens with zero attached hydrogens (tertiary/aromatic N) is 2. The maximum atomic E-state index is 9.79. The number of nitrogens with one attached hydrogen (secondary N) is 1. The van der Waals surface area contributed by atoms with Crippen LogP contribution in [0.2, 0.25) is 0 Å². The molecule has 1 unspecified atom stereocenters. The predicted octanol–water partition coefficient (Wildman–Crippen LogP) is 1.13. The Morgan fingerprint density at radius 3 is 2.95 bits per heavy atom. The zero-order valence-electron chi connectivity index (χ0n) is 11.6. The van der Waals surface area contributed by atoms with Gasteiger partial charge in [-0.3, -0.25) is 0 Å². The molecular formula is C14H21N3O2. The first-order chi connectivity index (χ1) is 9.06. The molecule has 19 heavy (non-hydrogen) atoms. The van der Waals surface area contributed by atoms with Crippen molar-refractivity contribution in [1.29, 1.82) is 0 Å². The summed E-state index contributed by atoms with van der Waals surface area (Å²) < 4.78 is 0. The number of aliphatic hydroxyl groups is 1. The Balaban J connectivity index is 1.96. The average molecular weight is 263 g/mol. The van der Waals surface area contributed by atoms with E-state index in [4.69, 9.17) is 4.84 Å². The highest BCUT2D eigenvalue weighted by Gasteiger charge is 2.08. The second-order valence-electron chi connectivity index (χ2n) is 5.09. The summed E-state index contributed by atoms with van der Waals surface area (Å²) in [5.41, 5.74) is 2.07. The molecular weight excluding hydrogens is 242 g/mol. The van der Waals surface area contributed by atoms with E-state index in [0.717, 1.165) is 16.5 Å². The topological polar surface area (TPSA) is 59.3 Å². The first kappa shape index (κ1) is 13.8. The standard InChI is InChI=1S/C14H21N3O2/c1-10(2)15-8-13(18)9-19-17-14-6-11(3)4-5-12(14)7-16-17/h4-7,10,13,15,18H,8-9H2,1-3H3. The molecule has 0 aliphatic carbocycles. The number of aryl methyl sites for hydroxylation is 1. The van der Waals surface area contributed by atoms with Crippen LogP contribution in [0.4, 0.5) is 0 Å². The normalized spacial score (nSPS) is 13.1. The number of aliphatic hydroxyl groups excluding tert-OH is 1. The molecule has 2 N–H and O–H groups in total. The lowest BCUT2D eigenvalue weighted by Gasteiger charge is -2.14. The van der Waals surface area contributed by atoms with Gasteiger partial charge in [0.05, 0.1) is 6.20 Å². The number of hydrogen-bond acceptors (Lipinski definition) is 4. The second-order valence-corrected chi connectivity index (χ2v) is 5.09. The molecule has 1 aromatic carbocycles. The fourth-order valence-electron chi connectivity index (χ4n) is 1.80. The average Bonchev–Trinajstić information content (AvgIpc) is 2.76. The molecule has 2 rings (SSSR count). The second kappa shape index (κ2) is 6.04. The van der Waals surface area contributed by atoms with Crippen molar-refractivity contribution in [2.75, 3.05) is 13.2 Å². The number of benzene rings is 1. The lowest BCUT2D eigenvalue weighted by Crippen LogP contribution is -2.36. The van der Waals surface area contributed by atoms with Gasteiger partial charge in [-0.2, -0.15) is 0 Å². The van der Waals surface area contributed by atoms with E-state index in [9.17, 15) is 5.11 Å². The quantitative estimate of drug-likeness (QED) is 0.820. The van der Waals surface area contributed by atoms with Crippen molar-refractivity contribution in [3.8, 4) is 0 Å². The van der Waals surface area contributed by atoms with Gasteiger partial charge in [0.2, 0.25) is 0 Å². The van der Waals surface area contributed by atoms with Crippen LogP contribution in [0.5, 0.6) is 0 Å². The first-order valence-corrected chi connectivity index (χ1v) is 6.55. The van der Waals surface area contributed by atoms with Crippen molar-refractivity contribution < 1.29 is 9.94 Å². The van der Waals surface area contributed by atoms with E-state index >= 15 is 0 Å². The highest BCUT2D eigenvalue weighted by molar-refractivity contribution is 5.78. The summed E-state index contributed by atoms with van der Waals surface area (Å²) in [6.07, 6.45) is 1.21. The van der Waals surface area contributed by atoms with Crippen molar-refractivity contribution in [3.63, 3.8) is 0 Å². The highest BCUT2D eigenvalue weighted by atomic mass is 16.7. The molecule has 5 nitrogen and oxygen atoms in total. The van der Waals surface area contributed by atoms with Gasteiger partial charge in [-0.15, -0.1) is 5.10 Å². The minimum atomic E-state index is -0.550. The van der Waals surface area contributed by atoms with Gasteiger partial charge >= 0.3 is 0 Å². The smallest absolute Gasteiger partial charge is 0.144 e. The van der Waals surface area contributed by atoms with Crippen LogP contribution in [0.1, 0.15) is 19.4 Å². The van der Waals surface area contributed by atoms with E-state index in [1.165, 1.54) is 4.85 Å². The molecule has 2 aromatic rings. The van der Waals surface area contributed by atoms with Crippen LogP contribution in [-0.2, 0) is 0 Å². The van der Waals surface area contributed by atoms with Gasteiger partial charge < -0.3 is 15.3 Å². The first-order valence-electron chi connectivity index (χ1n) is 6.55. The summed E-state index contributed by atoms with van der Waals surface area (Å²) >= 11 is 0. The van der Waals surface area contributed by atoms with Gasteiger partial charge in [-0.05, 0) is 18.6 Å². The Hall–Kier alpha value is -1.59. The molecule has 5 heteroatoms. The van der Waals surface area contributed by atoms with E-state index < -0.39 is 6.10 Å². The molecule has 0 aliphatic heterocycles. The van der Waals surface area contributed by atoms with E-state index in [0.29, 0.717) is 12.6 Å². The fraction of sp³-hybridized carbons (Fsp3) is 0.500. The minimum absolute atomic E-state index is 0.213. The van der Waals surface area contributed by atoms with Gasteiger partial charge in [0.1, 0.15) is 18.2 Å². The third-order valence-corrected chi connectivity index (χ3v) is 2.84. The largest absolute Gasteiger partial charge is 0.393 e. The molecule has 1 heterocycles. The molecule has 0 saturated carbocycles. The molecule has 0 saturated heterocycles. The number of hydrogen-bond donors (Lipinski definition) is 2. The van der Waals surface area contributed by atoms with Crippen molar-refractivity contribution in [3.05, 3.63) is 30.0 Å². The van der Waals surface area contributed by atoms with E-state index in [2.05, 4.69) is 10.4 Å². The highest BCUT2D eigenvalue weighted by Crippen LogP contribution is 2.14. The van der Waals surface area contributed by atoms with Crippen LogP contribution < -0.4 is 10.2 Å². The van der Waals surface area contributed by atoms with Crippen LogP contribution in [0.25, 0.3) is 10.9 Å². The summed E-state index contributed by atoms with van der Waals surface area (Å²) in [5, 5.41) is 18.2. The summed E-state index contributed by atoms with van der Waals surface area (Å²) in [7, 11) is 0. The van der Waals surface area contributed by atoms with Crippen LogP contribution in [0.15, 0.2) is 24.4 Å². The Bertz CT molecular complexity index is 536. The summed E-state index contributed by atoms with van der Waals surface area (Å²) in [6.45, 7) is 6.83. The third kappa shape index (κ3) is 3.68. The van der Waals surface area contributed by atoms with Crippen molar-refractivity contribution in [2.45, 2.75) is 32.9 Å².